The van der Waals surface area contributed by atoms with Crippen molar-refractivity contribution in [3.8, 4) is 0 Å². The molecular formula is C13H17N3O2. The van der Waals surface area contributed by atoms with E-state index < -0.39 is 6.04 Å². The summed E-state index contributed by atoms with van der Waals surface area (Å²) in [5, 5.41) is 11.8. The highest BCUT2D eigenvalue weighted by molar-refractivity contribution is 5.94. The standard InChI is InChI=1S/C13H17N3O2/c14-12(8-10-4-2-1-3-5-10)13(17)16-7-6-11(9-16)15-18/h1-5,12,18H,6-9,14H2/t12-/m0/s1. The van der Waals surface area contributed by atoms with Crippen molar-refractivity contribution >= 4 is 11.6 Å². The molecule has 0 unspecified atom stereocenters. The minimum absolute atomic E-state index is 0.0856. The van der Waals surface area contributed by atoms with E-state index in [1.165, 1.54) is 0 Å². The normalized spacial score (nSPS) is 19.2. The molecule has 1 aromatic rings. The average molecular weight is 247 g/mol. The Labute approximate surface area is 106 Å². The summed E-state index contributed by atoms with van der Waals surface area (Å²) in [6.45, 7) is 0.971. The molecular weight excluding hydrogens is 230 g/mol. The van der Waals surface area contributed by atoms with Crippen molar-refractivity contribution in [2.24, 2.45) is 10.9 Å². The van der Waals surface area contributed by atoms with E-state index in [2.05, 4.69) is 5.16 Å². The Balaban J connectivity index is 1.93. The molecule has 0 radical (unpaired) electrons. The summed E-state index contributed by atoms with van der Waals surface area (Å²) < 4.78 is 0. The predicted molar refractivity (Wildman–Crippen MR) is 68.5 cm³/mol. The summed E-state index contributed by atoms with van der Waals surface area (Å²) in [5.74, 6) is -0.0856. The third-order valence-corrected chi connectivity index (χ3v) is 3.11. The maximum atomic E-state index is 12.1. The van der Waals surface area contributed by atoms with Crippen molar-refractivity contribution in [1.29, 1.82) is 0 Å². The summed E-state index contributed by atoms with van der Waals surface area (Å²) >= 11 is 0. The monoisotopic (exact) mass is 247 g/mol. The van der Waals surface area contributed by atoms with Crippen molar-refractivity contribution < 1.29 is 10.0 Å². The molecule has 96 valence electrons. The van der Waals surface area contributed by atoms with Gasteiger partial charge in [0.25, 0.3) is 0 Å². The van der Waals surface area contributed by atoms with E-state index in [-0.39, 0.29) is 5.91 Å². The molecule has 1 aromatic carbocycles. The van der Waals surface area contributed by atoms with Crippen LogP contribution in [0.3, 0.4) is 0 Å². The summed E-state index contributed by atoms with van der Waals surface area (Å²) in [6.07, 6.45) is 1.15. The Kier molecular flexibility index (Phi) is 3.94. The Morgan fingerprint density at radius 1 is 1.44 bits per heavy atom. The number of oxime groups is 1. The van der Waals surface area contributed by atoms with E-state index in [1.807, 2.05) is 30.3 Å². The molecule has 1 heterocycles. The van der Waals surface area contributed by atoms with Crippen molar-refractivity contribution in [2.75, 3.05) is 13.1 Å². The van der Waals surface area contributed by atoms with Gasteiger partial charge in [-0.15, -0.1) is 0 Å². The minimum atomic E-state index is -0.537. The van der Waals surface area contributed by atoms with Gasteiger partial charge in [0.1, 0.15) is 0 Å². The third kappa shape index (κ3) is 2.87. The number of amides is 1. The molecule has 5 nitrogen and oxygen atoms in total. The second-order valence-electron chi connectivity index (χ2n) is 4.47. The topological polar surface area (TPSA) is 78.9 Å². The number of nitrogens with zero attached hydrogens (tertiary/aromatic N) is 2. The molecule has 0 aromatic heterocycles. The SMILES string of the molecule is N[C@@H](Cc1ccccc1)C(=O)N1CCC(=NO)C1. The minimum Gasteiger partial charge on any atom is -0.411 e. The van der Waals surface area contributed by atoms with Crippen LogP contribution >= 0.6 is 0 Å². The van der Waals surface area contributed by atoms with Gasteiger partial charge in [-0.3, -0.25) is 4.79 Å². The Morgan fingerprint density at radius 2 is 2.17 bits per heavy atom. The molecule has 1 aliphatic heterocycles. The predicted octanol–water partition coefficient (Wildman–Crippen LogP) is 0.619. The lowest BCUT2D eigenvalue weighted by molar-refractivity contribution is -0.131. The van der Waals surface area contributed by atoms with Crippen molar-refractivity contribution in [1.82, 2.24) is 4.90 Å². The first kappa shape index (κ1) is 12.6. The summed E-state index contributed by atoms with van der Waals surface area (Å²) in [6, 6.07) is 9.17. The zero-order valence-electron chi connectivity index (χ0n) is 10.1. The number of likely N-dealkylation sites (tertiary alicyclic amines) is 1. The van der Waals surface area contributed by atoms with Gasteiger partial charge in [0.05, 0.1) is 18.3 Å². The number of carbonyl (C=O) groups excluding carboxylic acids is 1. The fraction of sp³-hybridized carbons (Fsp3) is 0.385. The molecule has 3 N–H and O–H groups in total. The van der Waals surface area contributed by atoms with Gasteiger partial charge < -0.3 is 15.8 Å². The van der Waals surface area contributed by atoms with Gasteiger partial charge >= 0.3 is 0 Å². The van der Waals surface area contributed by atoms with Crippen LogP contribution in [0.2, 0.25) is 0 Å². The van der Waals surface area contributed by atoms with Crippen molar-refractivity contribution in [3.63, 3.8) is 0 Å². The summed E-state index contributed by atoms with van der Waals surface area (Å²) in [4.78, 5) is 13.7. The second kappa shape index (κ2) is 5.64. The first-order valence-electron chi connectivity index (χ1n) is 5.99. The lowest BCUT2D eigenvalue weighted by Crippen LogP contribution is -2.44. The van der Waals surface area contributed by atoms with E-state index in [0.29, 0.717) is 31.6 Å². The summed E-state index contributed by atoms with van der Waals surface area (Å²) in [5.41, 5.74) is 7.61. The van der Waals surface area contributed by atoms with Gasteiger partial charge in [-0.1, -0.05) is 35.5 Å². The molecule has 0 saturated carbocycles. The fourth-order valence-corrected chi connectivity index (χ4v) is 2.10. The largest absolute Gasteiger partial charge is 0.411 e. The quantitative estimate of drug-likeness (QED) is 0.607. The lowest BCUT2D eigenvalue weighted by atomic mass is 10.1. The molecule has 1 aliphatic rings. The maximum absolute atomic E-state index is 12.1. The van der Waals surface area contributed by atoms with Gasteiger partial charge in [-0.25, -0.2) is 0 Å². The Bertz CT molecular complexity index is 445. The number of hydrogen-bond acceptors (Lipinski definition) is 4. The van der Waals surface area contributed by atoms with E-state index >= 15 is 0 Å². The Hall–Kier alpha value is -1.88. The highest BCUT2D eigenvalue weighted by Crippen LogP contribution is 2.10. The Morgan fingerprint density at radius 3 is 2.78 bits per heavy atom. The third-order valence-electron chi connectivity index (χ3n) is 3.11. The molecule has 1 saturated heterocycles. The van der Waals surface area contributed by atoms with Crippen LogP contribution in [-0.2, 0) is 11.2 Å². The van der Waals surface area contributed by atoms with Crippen LogP contribution in [-0.4, -0.2) is 40.9 Å². The first-order chi connectivity index (χ1) is 8.70. The van der Waals surface area contributed by atoms with Crippen LogP contribution in [0.25, 0.3) is 0 Å². The van der Waals surface area contributed by atoms with Gasteiger partial charge in [0.15, 0.2) is 0 Å². The van der Waals surface area contributed by atoms with Crippen molar-refractivity contribution in [3.05, 3.63) is 35.9 Å². The first-order valence-corrected chi connectivity index (χ1v) is 5.99. The molecule has 18 heavy (non-hydrogen) atoms. The van der Waals surface area contributed by atoms with Crippen LogP contribution in [0, 0.1) is 0 Å². The van der Waals surface area contributed by atoms with E-state index in [0.717, 1.165) is 5.56 Å². The summed E-state index contributed by atoms with van der Waals surface area (Å²) in [7, 11) is 0. The lowest BCUT2D eigenvalue weighted by Gasteiger charge is -2.19. The molecule has 0 aliphatic carbocycles. The smallest absolute Gasteiger partial charge is 0.240 e. The molecule has 2 rings (SSSR count). The van der Waals surface area contributed by atoms with Crippen LogP contribution in [0.1, 0.15) is 12.0 Å². The van der Waals surface area contributed by atoms with E-state index in [9.17, 15) is 4.79 Å². The number of hydrogen-bond donors (Lipinski definition) is 2. The number of nitrogens with two attached hydrogens (primary N) is 1. The number of benzene rings is 1. The van der Waals surface area contributed by atoms with Gasteiger partial charge in [-0.05, 0) is 12.0 Å². The highest BCUT2D eigenvalue weighted by atomic mass is 16.4. The molecule has 1 fully saturated rings. The highest BCUT2D eigenvalue weighted by Gasteiger charge is 2.27. The number of rotatable bonds is 3. The van der Waals surface area contributed by atoms with Crippen LogP contribution in [0.4, 0.5) is 0 Å². The zero-order chi connectivity index (χ0) is 13.0. The number of carbonyl (C=O) groups is 1. The van der Waals surface area contributed by atoms with Gasteiger partial charge in [0.2, 0.25) is 5.91 Å². The van der Waals surface area contributed by atoms with Gasteiger partial charge in [-0.2, -0.15) is 0 Å². The average Bonchev–Trinajstić information content (AvgIpc) is 2.87. The molecule has 1 atom stereocenters. The van der Waals surface area contributed by atoms with Crippen LogP contribution in [0.15, 0.2) is 35.5 Å². The van der Waals surface area contributed by atoms with Crippen LogP contribution < -0.4 is 5.73 Å². The molecule has 5 heteroatoms. The zero-order valence-corrected chi connectivity index (χ0v) is 10.1. The molecule has 0 bridgehead atoms. The molecule has 1 amide bonds. The van der Waals surface area contributed by atoms with Gasteiger partial charge in [0, 0.05) is 13.0 Å². The maximum Gasteiger partial charge on any atom is 0.240 e. The van der Waals surface area contributed by atoms with E-state index in [4.69, 9.17) is 10.9 Å². The fourth-order valence-electron chi connectivity index (χ4n) is 2.10. The van der Waals surface area contributed by atoms with Crippen molar-refractivity contribution in [2.45, 2.75) is 18.9 Å². The van der Waals surface area contributed by atoms with Crippen LogP contribution in [0.5, 0.6) is 0 Å². The second-order valence-corrected chi connectivity index (χ2v) is 4.47. The van der Waals surface area contributed by atoms with E-state index in [1.54, 1.807) is 4.90 Å². The molecule has 0 spiro atoms.